The van der Waals surface area contributed by atoms with Crippen LogP contribution in [0.4, 0.5) is 0 Å². The van der Waals surface area contributed by atoms with Crippen LogP contribution < -0.4 is 26.4 Å². The monoisotopic (exact) mass is 1200 g/mol. The topological polar surface area (TPSA) is 0 Å². The molecule has 9 heteroatoms. The van der Waals surface area contributed by atoms with Gasteiger partial charge in [0.2, 0.25) is 0 Å². The summed E-state index contributed by atoms with van der Waals surface area (Å²) in [4.78, 5) is 0. The molecule has 0 spiro atoms. The van der Waals surface area contributed by atoms with Crippen LogP contribution in [0.15, 0.2) is 182 Å². The van der Waals surface area contributed by atoms with Gasteiger partial charge in [0, 0.05) is 94.2 Å². The van der Waals surface area contributed by atoms with Crippen molar-refractivity contribution in [1.82, 2.24) is 0 Å². The van der Waals surface area contributed by atoms with Gasteiger partial charge in [-0.3, -0.25) is 0 Å². The van der Waals surface area contributed by atoms with Crippen molar-refractivity contribution >= 4 is 104 Å². The van der Waals surface area contributed by atoms with E-state index in [0.717, 1.165) is 0 Å². The van der Waals surface area contributed by atoms with E-state index in [1.807, 2.05) is 0 Å². The molecule has 0 N–H and O–H groups in total. The summed E-state index contributed by atoms with van der Waals surface area (Å²) in [7, 11) is 0.383. The Labute approximate surface area is 400 Å². The van der Waals surface area contributed by atoms with Crippen LogP contribution in [0.3, 0.4) is 0 Å². The quantitative estimate of drug-likeness (QED) is 0.0866. The van der Waals surface area contributed by atoms with Crippen molar-refractivity contribution in [2.45, 2.75) is 0 Å². The Balaban J connectivity index is 0.000000695. The van der Waals surface area contributed by atoms with Gasteiger partial charge in [-0.2, -0.15) is 0 Å². The molecule has 0 aliphatic heterocycles. The van der Waals surface area contributed by atoms with E-state index >= 15 is 0 Å². The zero-order chi connectivity index (χ0) is 39.9. The van der Waals surface area contributed by atoms with Crippen LogP contribution in [0.5, 0.6) is 0 Å². The second-order valence-corrected chi connectivity index (χ2v) is 34.9. The molecule has 306 valence electrons. The molecule has 57 heavy (non-hydrogen) atoms. The van der Waals surface area contributed by atoms with E-state index in [1.54, 1.807) is 0 Å². The van der Waals surface area contributed by atoms with Crippen molar-refractivity contribution in [2.75, 3.05) is 78.0 Å². The van der Waals surface area contributed by atoms with Gasteiger partial charge in [-0.1, -0.05) is 0 Å². The third kappa shape index (κ3) is 33.3. The van der Waals surface area contributed by atoms with Crippen molar-refractivity contribution in [2.24, 2.45) is 0 Å². The molecule has 6 aromatic carbocycles. The Morgan fingerprint density at radius 2 is 0.368 bits per heavy atom. The Morgan fingerprint density at radius 3 is 0.474 bits per heavy atom. The summed E-state index contributed by atoms with van der Waals surface area (Å²) in [6, 6.07) is 64.4. The Bertz CT molecular complexity index is 1390. The molecule has 0 saturated heterocycles. The van der Waals surface area contributed by atoms with Gasteiger partial charge >= 0.3 is 255 Å². The molecule has 0 aliphatic carbocycles. The molecular formula is C48H66Ge3P4Pd2+4. The van der Waals surface area contributed by atoms with Gasteiger partial charge in [-0.15, -0.1) is 0 Å². The first kappa shape index (κ1) is 57.0. The first-order chi connectivity index (χ1) is 26.6. The Hall–Kier alpha value is -0.00675. The van der Waals surface area contributed by atoms with Crippen molar-refractivity contribution < 1.29 is 40.8 Å². The molecule has 0 atom stereocenters. The van der Waals surface area contributed by atoms with Crippen LogP contribution in [-0.4, -0.2) is 124 Å². The fourth-order valence-electron chi connectivity index (χ4n) is 4.63. The van der Waals surface area contributed by atoms with E-state index in [0.29, 0.717) is 0 Å². The molecular weight excluding hydrogens is 1130 g/mol. The predicted octanol–water partition coefficient (Wildman–Crippen LogP) is 7.89. The SMILES string of the molecule is C[PH+](C)CC[PH+](C)C.C[PH+](C)CC[PH+](C)C.[Pd].[Pd].c1cc[c]([Ge][c]2ccccc2)cc1.c1cc[c]([Ge][c]2ccccc2)cc1.c1cc[c]([Ge][c]2ccccc2)cc1. The zero-order valence-electron chi connectivity index (χ0n) is 35.3. The normalized spacial score (nSPS) is 9.89. The fraction of sp³-hybridized carbons (Fsp3) is 0.250. The number of benzene rings is 6. The molecule has 6 rings (SSSR count). The van der Waals surface area contributed by atoms with Crippen LogP contribution in [0, 0.1) is 0 Å². The Kier molecular flexibility index (Phi) is 37.7. The summed E-state index contributed by atoms with van der Waals surface area (Å²) in [5.41, 5.74) is 0. The van der Waals surface area contributed by atoms with E-state index in [2.05, 4.69) is 235 Å². The van der Waals surface area contributed by atoms with E-state index in [-0.39, 0.29) is 119 Å². The molecule has 0 unspecified atom stereocenters. The maximum absolute atomic E-state index is 2.40. The molecule has 6 aromatic rings. The predicted molar refractivity (Wildman–Crippen MR) is 274 cm³/mol. The first-order valence-corrected chi connectivity index (χ1v) is 36.5. The minimum atomic E-state index is -0.108. The molecule has 0 aromatic heterocycles. The first-order valence-electron chi connectivity index (χ1n) is 19.4. The maximum atomic E-state index is 2.40. The average molecular weight is 1200 g/mol. The molecule has 0 nitrogen and oxygen atoms in total. The summed E-state index contributed by atoms with van der Waals surface area (Å²) in [5, 5.41) is 0. The van der Waals surface area contributed by atoms with Gasteiger partial charge < -0.3 is 0 Å². The second kappa shape index (κ2) is 37.7. The van der Waals surface area contributed by atoms with Crippen molar-refractivity contribution in [1.29, 1.82) is 0 Å². The molecule has 0 heterocycles. The van der Waals surface area contributed by atoms with Crippen molar-refractivity contribution in [3.63, 3.8) is 0 Å². The van der Waals surface area contributed by atoms with Gasteiger partial charge in [0.15, 0.2) is 0 Å². The summed E-state index contributed by atoms with van der Waals surface area (Å²) >= 11 is -0.323. The number of rotatable bonds is 12. The molecule has 0 fully saturated rings. The van der Waals surface area contributed by atoms with E-state index in [1.165, 1.54) is 51.0 Å². The molecule has 6 radical (unpaired) electrons. The molecule has 0 aliphatic rings. The number of hydrogen-bond acceptors (Lipinski definition) is 0. The standard InChI is InChI=1S/3C12H10Ge.2C6H16P2.2Pd/c3*1-3-7-11(8-4-1)13-12-9-5-2-6-10-12;2*1-7(2)5-6-8(3)4;;/h3*1-10H;2*5-6H2,1-4H3;;/p+4. The van der Waals surface area contributed by atoms with Crippen LogP contribution in [-0.2, 0) is 40.8 Å². The van der Waals surface area contributed by atoms with Crippen LogP contribution in [0.1, 0.15) is 0 Å². The van der Waals surface area contributed by atoms with Crippen LogP contribution in [0.2, 0.25) is 0 Å². The number of hydrogen-bond donors (Lipinski definition) is 0. The van der Waals surface area contributed by atoms with E-state index < -0.39 is 0 Å². The average Bonchev–Trinajstić information content (AvgIpc) is 3.20. The van der Waals surface area contributed by atoms with Gasteiger partial charge in [0.25, 0.3) is 0 Å². The molecule has 0 amide bonds. The third-order valence-electron chi connectivity index (χ3n) is 7.76. The van der Waals surface area contributed by atoms with Gasteiger partial charge in [-0.25, -0.2) is 0 Å². The van der Waals surface area contributed by atoms with Crippen molar-refractivity contribution in [3.05, 3.63) is 182 Å². The summed E-state index contributed by atoms with van der Waals surface area (Å²) < 4.78 is 8.97. The fourth-order valence-corrected chi connectivity index (χ4v) is 19.2. The summed E-state index contributed by atoms with van der Waals surface area (Å²) in [6.45, 7) is 19.2. The van der Waals surface area contributed by atoms with Gasteiger partial charge in [0.05, 0.1) is 24.6 Å². The van der Waals surface area contributed by atoms with Gasteiger partial charge in [-0.05, 0) is 31.7 Å². The Morgan fingerprint density at radius 1 is 0.246 bits per heavy atom. The van der Waals surface area contributed by atoms with E-state index in [4.69, 9.17) is 0 Å². The van der Waals surface area contributed by atoms with Crippen LogP contribution in [0.25, 0.3) is 0 Å². The van der Waals surface area contributed by atoms with Crippen LogP contribution >= 0.6 is 31.7 Å². The third-order valence-corrected chi connectivity index (χ3v) is 21.6. The minimum absolute atomic E-state index is 0. The van der Waals surface area contributed by atoms with Gasteiger partial charge in [0.1, 0.15) is 0 Å². The van der Waals surface area contributed by atoms with E-state index in [9.17, 15) is 0 Å². The molecule has 0 saturated carbocycles. The zero-order valence-corrected chi connectivity index (χ0v) is 48.7. The second-order valence-electron chi connectivity index (χ2n) is 14.4. The summed E-state index contributed by atoms with van der Waals surface area (Å²) in [5.74, 6) is 0. The molecule has 0 bridgehead atoms. The van der Waals surface area contributed by atoms with Crippen molar-refractivity contribution in [3.8, 4) is 0 Å². The summed E-state index contributed by atoms with van der Waals surface area (Å²) in [6.07, 6.45) is 6.13.